The Morgan fingerprint density at radius 3 is 2.36 bits per heavy atom. The average molecular weight is 685 g/mol. The summed E-state index contributed by atoms with van der Waals surface area (Å²) >= 11 is 13.0. The standard InChI is InChI=1S/C33H30Cl2F3N7O2/c1-7-21(46)44-16(5)12-43(13-17(44)6)31-18-10-20(34)29(22-23(35)27(40)26(38)25(37)24(22)36)42-32(18)45(33(47)19(31)11-39)30-15(4)8-9-41-28(30)14(2)3/h7-10,14,16-17H,1,12-13,40H2,2-6H3/t16-,17+. The van der Waals surface area contributed by atoms with Crippen LogP contribution in [0.2, 0.25) is 10.0 Å². The predicted octanol–water partition coefficient (Wildman–Crippen LogP) is 6.67. The summed E-state index contributed by atoms with van der Waals surface area (Å²) in [5.74, 6) is -5.69. The van der Waals surface area contributed by atoms with Gasteiger partial charge >= 0.3 is 0 Å². The van der Waals surface area contributed by atoms with Gasteiger partial charge in [-0.05, 0) is 50.5 Å². The second kappa shape index (κ2) is 12.5. The number of carbonyl (C=O) groups excluding carboxylic acids is 1. The number of piperazine rings is 1. The van der Waals surface area contributed by atoms with Gasteiger partial charge in [-0.15, -0.1) is 0 Å². The number of carbonyl (C=O) groups is 1. The maximum Gasteiger partial charge on any atom is 0.276 e. The molecule has 3 aromatic heterocycles. The van der Waals surface area contributed by atoms with Crippen molar-refractivity contribution in [1.82, 2.24) is 19.4 Å². The molecule has 14 heteroatoms. The molecule has 1 aromatic carbocycles. The molecule has 244 valence electrons. The predicted molar refractivity (Wildman–Crippen MR) is 177 cm³/mol. The summed E-state index contributed by atoms with van der Waals surface area (Å²) in [5, 5.41) is 9.80. The Morgan fingerprint density at radius 1 is 1.15 bits per heavy atom. The average Bonchev–Trinajstić information content (AvgIpc) is 3.02. The van der Waals surface area contributed by atoms with Crippen LogP contribution < -0.4 is 16.2 Å². The summed E-state index contributed by atoms with van der Waals surface area (Å²) in [6.45, 7) is 13.2. The summed E-state index contributed by atoms with van der Waals surface area (Å²) in [5.41, 5.74) is 4.29. The zero-order chi connectivity index (χ0) is 34.6. The number of fused-ring (bicyclic) bond motifs is 1. The van der Waals surface area contributed by atoms with E-state index in [1.54, 1.807) is 29.0 Å². The van der Waals surface area contributed by atoms with Gasteiger partial charge in [0.15, 0.2) is 17.5 Å². The normalized spacial score (nSPS) is 16.6. The van der Waals surface area contributed by atoms with Crippen LogP contribution in [0.4, 0.5) is 24.5 Å². The second-order valence-corrected chi connectivity index (χ2v) is 12.6. The molecule has 0 unspecified atom stereocenters. The van der Waals surface area contributed by atoms with E-state index in [4.69, 9.17) is 28.9 Å². The van der Waals surface area contributed by atoms with Crippen molar-refractivity contribution < 1.29 is 18.0 Å². The molecule has 1 amide bonds. The fourth-order valence-electron chi connectivity index (χ4n) is 6.27. The number of benzene rings is 1. The van der Waals surface area contributed by atoms with Gasteiger partial charge in [0.25, 0.3) is 5.56 Å². The smallest absolute Gasteiger partial charge is 0.276 e. The van der Waals surface area contributed by atoms with Crippen molar-refractivity contribution in [3.63, 3.8) is 0 Å². The number of hydrogen-bond donors (Lipinski definition) is 1. The van der Waals surface area contributed by atoms with Gasteiger partial charge in [-0.3, -0.25) is 19.1 Å². The van der Waals surface area contributed by atoms with Gasteiger partial charge < -0.3 is 15.5 Å². The molecule has 47 heavy (non-hydrogen) atoms. The summed E-state index contributed by atoms with van der Waals surface area (Å²) in [7, 11) is 0. The number of nitriles is 1. The number of nitrogens with two attached hydrogens (primary N) is 1. The summed E-state index contributed by atoms with van der Waals surface area (Å²) in [6.07, 6.45) is 2.81. The van der Waals surface area contributed by atoms with Crippen LogP contribution in [-0.2, 0) is 4.79 Å². The minimum absolute atomic E-state index is 0.0786. The van der Waals surface area contributed by atoms with Crippen molar-refractivity contribution in [2.75, 3.05) is 23.7 Å². The third-order valence-electron chi connectivity index (χ3n) is 8.31. The number of rotatable bonds is 5. The zero-order valence-corrected chi connectivity index (χ0v) is 27.6. The summed E-state index contributed by atoms with van der Waals surface area (Å²) < 4.78 is 45.6. The number of halogens is 5. The van der Waals surface area contributed by atoms with Crippen molar-refractivity contribution in [2.45, 2.75) is 52.6 Å². The topological polar surface area (TPSA) is 121 Å². The first-order valence-electron chi connectivity index (χ1n) is 14.6. The molecule has 1 fully saturated rings. The lowest BCUT2D eigenvalue weighted by molar-refractivity contribution is -0.130. The number of hydrogen-bond acceptors (Lipinski definition) is 7. The Labute approximate surface area is 278 Å². The van der Waals surface area contributed by atoms with Crippen molar-refractivity contribution >= 4 is 51.5 Å². The SMILES string of the molecule is C=CC(=O)N1[C@H](C)CN(c2c(C#N)c(=O)n(-c3c(C)ccnc3C(C)C)c3nc(-c4c(F)c(F)c(F)c(N)c4Cl)c(Cl)cc23)C[C@@H]1C. The van der Waals surface area contributed by atoms with E-state index in [1.807, 2.05) is 27.7 Å². The first kappa shape index (κ1) is 33.8. The summed E-state index contributed by atoms with van der Waals surface area (Å²) in [4.78, 5) is 39.7. The number of aromatic nitrogens is 3. The van der Waals surface area contributed by atoms with Crippen LogP contribution in [-0.4, -0.2) is 50.5 Å². The maximum atomic E-state index is 15.4. The van der Waals surface area contributed by atoms with Crippen molar-refractivity contribution in [1.29, 1.82) is 5.26 Å². The lowest BCUT2D eigenvalue weighted by Gasteiger charge is -2.45. The first-order valence-corrected chi connectivity index (χ1v) is 15.4. The number of nitrogen functional groups attached to an aromatic ring is 1. The van der Waals surface area contributed by atoms with Gasteiger partial charge in [-0.1, -0.05) is 43.6 Å². The maximum absolute atomic E-state index is 15.4. The zero-order valence-electron chi connectivity index (χ0n) is 26.1. The molecule has 0 radical (unpaired) electrons. The van der Waals surface area contributed by atoms with E-state index in [-0.39, 0.29) is 64.3 Å². The quantitative estimate of drug-likeness (QED) is 0.108. The second-order valence-electron chi connectivity index (χ2n) is 11.8. The van der Waals surface area contributed by atoms with Crippen molar-refractivity contribution in [3.8, 4) is 23.0 Å². The lowest BCUT2D eigenvalue weighted by atomic mass is 10.0. The molecule has 0 saturated carbocycles. The van der Waals surface area contributed by atoms with Crippen LogP contribution in [0.25, 0.3) is 28.0 Å². The van der Waals surface area contributed by atoms with Gasteiger partial charge in [0.05, 0.1) is 44.1 Å². The van der Waals surface area contributed by atoms with Gasteiger partial charge in [-0.25, -0.2) is 18.2 Å². The number of nitrogens with zero attached hydrogens (tertiary/aromatic N) is 6. The monoisotopic (exact) mass is 683 g/mol. The highest BCUT2D eigenvalue weighted by molar-refractivity contribution is 6.38. The highest BCUT2D eigenvalue weighted by Gasteiger charge is 2.36. The molecular weight excluding hydrogens is 654 g/mol. The Bertz CT molecular complexity index is 2050. The van der Waals surface area contributed by atoms with Gasteiger partial charge in [-0.2, -0.15) is 5.26 Å². The Kier molecular flexibility index (Phi) is 9.01. The Morgan fingerprint density at radius 2 is 1.79 bits per heavy atom. The van der Waals surface area contributed by atoms with Crippen LogP contribution in [0.15, 0.2) is 35.8 Å². The lowest BCUT2D eigenvalue weighted by Crippen LogP contribution is -2.58. The van der Waals surface area contributed by atoms with E-state index >= 15 is 4.39 Å². The molecule has 0 bridgehead atoms. The third-order valence-corrected chi connectivity index (χ3v) is 8.99. The van der Waals surface area contributed by atoms with Crippen LogP contribution >= 0.6 is 23.2 Å². The molecular formula is C33H30Cl2F3N7O2. The fourth-order valence-corrected chi connectivity index (χ4v) is 6.77. The largest absolute Gasteiger partial charge is 0.395 e. The van der Waals surface area contributed by atoms with E-state index in [0.717, 1.165) is 0 Å². The molecule has 9 nitrogen and oxygen atoms in total. The van der Waals surface area contributed by atoms with Gasteiger partial charge in [0.2, 0.25) is 5.91 Å². The van der Waals surface area contributed by atoms with E-state index in [2.05, 4.69) is 22.6 Å². The molecule has 0 spiro atoms. The van der Waals surface area contributed by atoms with Crippen LogP contribution in [0.1, 0.15) is 50.4 Å². The van der Waals surface area contributed by atoms with Gasteiger partial charge in [0, 0.05) is 36.8 Å². The minimum atomic E-state index is -1.88. The molecule has 4 heterocycles. The first-order chi connectivity index (χ1) is 22.2. The van der Waals surface area contributed by atoms with Crippen molar-refractivity contribution in [3.05, 3.63) is 85.7 Å². The highest BCUT2D eigenvalue weighted by atomic mass is 35.5. The molecule has 1 saturated heterocycles. The Hall–Kier alpha value is -4.60. The van der Waals surface area contributed by atoms with Crippen LogP contribution in [0, 0.1) is 35.7 Å². The molecule has 1 aliphatic heterocycles. The van der Waals surface area contributed by atoms with E-state index in [9.17, 15) is 23.6 Å². The van der Waals surface area contributed by atoms with Crippen molar-refractivity contribution in [2.24, 2.45) is 0 Å². The number of pyridine rings is 3. The molecule has 4 aromatic rings. The molecule has 1 aliphatic rings. The number of amides is 1. The third kappa shape index (κ3) is 5.37. The van der Waals surface area contributed by atoms with Gasteiger partial charge in [0.1, 0.15) is 17.3 Å². The highest BCUT2D eigenvalue weighted by Crippen LogP contribution is 2.43. The minimum Gasteiger partial charge on any atom is -0.395 e. The fraction of sp³-hybridized carbons (Fsp3) is 0.303. The van der Waals surface area contributed by atoms with E-state index in [1.165, 1.54) is 16.7 Å². The van der Waals surface area contributed by atoms with E-state index in [0.29, 0.717) is 16.9 Å². The Balaban J connectivity index is 1.95. The molecule has 5 rings (SSSR count). The van der Waals surface area contributed by atoms with Crippen LogP contribution in [0.5, 0.6) is 0 Å². The molecule has 0 aliphatic carbocycles. The molecule has 2 N–H and O–H groups in total. The number of anilines is 2. The number of aryl methyl sites for hydroxylation is 1. The summed E-state index contributed by atoms with van der Waals surface area (Å²) in [6, 6.07) is 4.40. The van der Waals surface area contributed by atoms with Crippen LogP contribution in [0.3, 0.4) is 0 Å². The molecule has 2 atom stereocenters. The van der Waals surface area contributed by atoms with E-state index < -0.39 is 45.0 Å².